The molecule has 7 aromatic carbocycles. The number of fused-ring (bicyclic) bond motifs is 6. The van der Waals surface area contributed by atoms with Crippen LogP contribution in [0.5, 0.6) is 0 Å². The molecule has 11 heteroatoms. The summed E-state index contributed by atoms with van der Waals surface area (Å²) >= 11 is 1.22. The Balaban J connectivity index is 1.04. The van der Waals surface area contributed by atoms with Crippen molar-refractivity contribution in [1.29, 1.82) is 15.8 Å². The van der Waals surface area contributed by atoms with Gasteiger partial charge in [-0.05, 0) is 36.4 Å². The van der Waals surface area contributed by atoms with Crippen LogP contribution in [-0.2, 0) is 19.4 Å². The summed E-state index contributed by atoms with van der Waals surface area (Å²) in [4.78, 5) is 24.8. The van der Waals surface area contributed by atoms with E-state index in [0.29, 0.717) is 28.5 Å². The summed E-state index contributed by atoms with van der Waals surface area (Å²) in [6, 6.07) is 61.5. The van der Waals surface area contributed by atoms with E-state index in [1.807, 2.05) is 126 Å². The van der Waals surface area contributed by atoms with Crippen molar-refractivity contribution in [3.63, 3.8) is 0 Å². The van der Waals surface area contributed by atoms with Gasteiger partial charge in [0.25, 0.3) is 0 Å². The number of aromatic nitrogens is 6. The molecule has 0 unspecified atom stereocenters. The first-order valence-electron chi connectivity index (χ1n) is 21.9. The first-order valence-corrected chi connectivity index (χ1v) is 23.6. The molecule has 11 rings (SSSR count). The van der Waals surface area contributed by atoms with Gasteiger partial charge in [-0.1, -0.05) is 48.5 Å². The molecule has 324 valence electrons. The molecule has 4 aromatic heterocycles. The average Bonchev–Trinajstić information content (AvgIpc) is 4.03. The number of hydrogen-bond acceptors (Lipinski definition) is 7. The number of hydrogen-bond donors (Lipinski definition) is 0. The summed E-state index contributed by atoms with van der Waals surface area (Å²) in [6.07, 6.45) is 6.07. The predicted octanol–water partition coefficient (Wildman–Crippen LogP) is 13.0. The Labute approximate surface area is 412 Å². The molecular formula is C59H31N10W-. The van der Waals surface area contributed by atoms with Crippen molar-refractivity contribution in [2.75, 3.05) is 0 Å². The molecule has 0 aliphatic heterocycles. The molecule has 0 saturated carbocycles. The summed E-state index contributed by atoms with van der Waals surface area (Å²) in [5, 5.41) is 30.2. The normalized spacial score (nSPS) is 11.5. The summed E-state index contributed by atoms with van der Waals surface area (Å²) in [6.45, 7) is 7.59. The van der Waals surface area contributed by atoms with Gasteiger partial charge >= 0.3 is 231 Å². The standard InChI is InChI=1S/C59H31N10.W/c1-37(9-7-8-34-60)52-54(44-30-32-47(63-2)33-31-44)68-56(64-50-12-5-3-10-48(50)58(68)66-52)45-26-22-40(23-27-45)41-24-28-46(29-25-41)57-65-51-13-6-4-11-49(51)59-67-53(42-18-14-38(35-61)15-19-42)55(69(57)59)43-20-16-39(36-62)17-21-43;/h1,3-7,9-33H;/q-1;/b37-9+;. The molecule has 4 heterocycles. The Kier molecular flexibility index (Phi) is 11.1. The van der Waals surface area contributed by atoms with Crippen LogP contribution in [0.3, 0.4) is 0 Å². The van der Waals surface area contributed by atoms with Gasteiger partial charge < -0.3 is 0 Å². The van der Waals surface area contributed by atoms with Gasteiger partial charge in [-0.2, -0.15) is 10.5 Å². The molecule has 0 bridgehead atoms. The SMILES string of the molecule is [C-]#[N+]c1ccc(-c2c(/C([CH]=[W])=C/C=[C-]C#N)nc3c4ccccc4nc(-c4ccc(-c5ccc(-c6nc7ccccc7c7nc(-c8ccc(C#N)cc8)c(-c8ccc(C#N)cc8)n67)cc5)cc4)n23)cc1. The Morgan fingerprint density at radius 3 is 1.50 bits per heavy atom. The van der Waals surface area contributed by atoms with E-state index in [1.165, 1.54) is 19.4 Å². The van der Waals surface area contributed by atoms with Crippen LogP contribution in [-0.4, -0.2) is 33.1 Å². The van der Waals surface area contributed by atoms with Crippen LogP contribution < -0.4 is 0 Å². The maximum atomic E-state index is 9.66. The number of para-hydroxylation sites is 2. The second kappa shape index (κ2) is 18.2. The first kappa shape index (κ1) is 42.9. The first-order chi connectivity index (χ1) is 34.5. The molecule has 11 aromatic rings. The summed E-state index contributed by atoms with van der Waals surface area (Å²) in [5.74, 6) is 1.40. The van der Waals surface area contributed by atoms with Crippen molar-refractivity contribution in [3.05, 3.63) is 216 Å². The van der Waals surface area contributed by atoms with Gasteiger partial charge in [0.1, 0.15) is 11.5 Å². The fourth-order valence-electron chi connectivity index (χ4n) is 8.85. The van der Waals surface area contributed by atoms with E-state index in [1.54, 1.807) is 18.2 Å². The average molecular weight is 1060 g/mol. The van der Waals surface area contributed by atoms with Gasteiger partial charge in [-0.25, -0.2) is 9.97 Å². The van der Waals surface area contributed by atoms with Gasteiger partial charge in [-0.3, -0.25) is 4.40 Å². The van der Waals surface area contributed by atoms with Crippen molar-refractivity contribution >= 4 is 48.8 Å². The number of imidazole rings is 2. The van der Waals surface area contributed by atoms with E-state index in [2.05, 4.69) is 80.4 Å². The quantitative estimate of drug-likeness (QED) is 0.0797. The minimum atomic E-state index is 0.533. The molecule has 0 spiro atoms. The fourth-order valence-corrected chi connectivity index (χ4v) is 9.53. The van der Waals surface area contributed by atoms with Crippen LogP contribution in [0, 0.1) is 46.6 Å². The molecule has 0 radical (unpaired) electrons. The van der Waals surface area contributed by atoms with Gasteiger partial charge in [0.2, 0.25) is 0 Å². The molecule has 10 nitrogen and oxygen atoms in total. The summed E-state index contributed by atoms with van der Waals surface area (Å²) in [5.41, 5.74) is 15.0. The third-order valence-corrected chi connectivity index (χ3v) is 13.1. The van der Waals surface area contributed by atoms with Gasteiger partial charge in [0.15, 0.2) is 0 Å². The Bertz CT molecular complexity index is 4140. The zero-order valence-electron chi connectivity index (χ0n) is 36.8. The number of nitrogens with zero attached hydrogens (tertiary/aromatic N) is 10. The van der Waals surface area contributed by atoms with Crippen LogP contribution in [0.4, 0.5) is 5.69 Å². The van der Waals surface area contributed by atoms with Crippen molar-refractivity contribution in [1.82, 2.24) is 28.7 Å². The fraction of sp³-hybridized carbons (Fsp3) is 0. The molecule has 0 amide bonds. The molecule has 0 aliphatic rings. The Morgan fingerprint density at radius 2 is 0.986 bits per heavy atom. The minimum absolute atomic E-state index is 0.533. The van der Waals surface area contributed by atoms with E-state index in [9.17, 15) is 15.8 Å². The summed E-state index contributed by atoms with van der Waals surface area (Å²) < 4.78 is 6.25. The number of allylic oxidation sites excluding steroid dienone is 4. The monoisotopic (exact) mass is 1060 g/mol. The van der Waals surface area contributed by atoms with Gasteiger partial charge in [0, 0.05) is 22.1 Å². The van der Waals surface area contributed by atoms with Crippen LogP contribution in [0.15, 0.2) is 182 Å². The third kappa shape index (κ3) is 7.54. The van der Waals surface area contributed by atoms with Crippen LogP contribution in [0.2, 0.25) is 0 Å². The van der Waals surface area contributed by atoms with Crippen molar-refractivity contribution in [3.8, 4) is 85.9 Å². The second-order valence-electron chi connectivity index (χ2n) is 16.2. The zero-order valence-corrected chi connectivity index (χ0v) is 39.7. The van der Waals surface area contributed by atoms with E-state index < -0.39 is 0 Å². The third-order valence-electron chi connectivity index (χ3n) is 12.2. The van der Waals surface area contributed by atoms with Crippen molar-refractivity contribution < 1.29 is 19.4 Å². The molecule has 0 N–H and O–H groups in total. The molecule has 0 fully saturated rings. The molecular weight excluding hydrogens is 1030 g/mol. The van der Waals surface area contributed by atoms with Crippen molar-refractivity contribution in [2.24, 2.45) is 0 Å². The number of rotatable bonds is 9. The van der Waals surface area contributed by atoms with Crippen molar-refractivity contribution in [2.45, 2.75) is 0 Å². The zero-order chi connectivity index (χ0) is 47.7. The molecule has 0 atom stereocenters. The van der Waals surface area contributed by atoms with E-state index in [0.717, 1.165) is 100 Å². The Morgan fingerprint density at radius 1 is 0.529 bits per heavy atom. The molecule has 0 saturated heterocycles. The van der Waals surface area contributed by atoms with Crippen LogP contribution >= 0.6 is 0 Å². The van der Waals surface area contributed by atoms with Crippen LogP contribution in [0.25, 0.3) is 111 Å². The summed E-state index contributed by atoms with van der Waals surface area (Å²) in [7, 11) is 0. The molecule has 70 heavy (non-hydrogen) atoms. The number of benzene rings is 7. The van der Waals surface area contributed by atoms with Crippen LogP contribution in [0.1, 0.15) is 16.8 Å². The maximum absolute atomic E-state index is 9.66. The topological polar surface area (TPSA) is 136 Å². The predicted molar refractivity (Wildman–Crippen MR) is 270 cm³/mol. The van der Waals surface area contributed by atoms with E-state index >= 15 is 0 Å². The Hall–Kier alpha value is -9.70. The van der Waals surface area contributed by atoms with Gasteiger partial charge in [0.05, 0.1) is 40.2 Å². The molecule has 0 aliphatic carbocycles. The van der Waals surface area contributed by atoms with E-state index in [-0.39, 0.29) is 0 Å². The van der Waals surface area contributed by atoms with E-state index in [4.69, 9.17) is 26.5 Å². The second-order valence-corrected chi connectivity index (χ2v) is 17.0. The van der Waals surface area contributed by atoms with Gasteiger partial charge in [-0.15, -0.1) is 0 Å². The number of nitriles is 3.